The molecule has 1 saturated heterocycles. The van der Waals surface area contributed by atoms with E-state index in [2.05, 4.69) is 0 Å². The van der Waals surface area contributed by atoms with Crippen molar-refractivity contribution in [2.45, 2.75) is 12.8 Å². The summed E-state index contributed by atoms with van der Waals surface area (Å²) in [4.78, 5) is 40.6. The zero-order chi connectivity index (χ0) is 19.9. The van der Waals surface area contributed by atoms with E-state index >= 15 is 0 Å². The van der Waals surface area contributed by atoms with E-state index in [0.29, 0.717) is 43.1 Å². The molecule has 1 aliphatic rings. The molecular formula is C22H24N2O4. The number of hydrogen-bond acceptors (Lipinski definition) is 4. The van der Waals surface area contributed by atoms with Gasteiger partial charge < -0.3 is 14.5 Å². The Bertz CT molecular complexity index is 825. The third-order valence-electron chi connectivity index (χ3n) is 4.92. The summed E-state index contributed by atoms with van der Waals surface area (Å²) in [6.07, 6.45) is 0.397. The van der Waals surface area contributed by atoms with E-state index in [1.165, 1.54) is 0 Å². The highest BCUT2D eigenvalue weighted by molar-refractivity contribution is 5.98. The average Bonchev–Trinajstić information content (AvgIpc) is 2.77. The molecule has 2 amide bonds. The highest BCUT2D eigenvalue weighted by Crippen LogP contribution is 2.15. The smallest absolute Gasteiger partial charge is 0.253 e. The van der Waals surface area contributed by atoms with Gasteiger partial charge in [0.2, 0.25) is 5.91 Å². The molecule has 0 unspecified atom stereocenters. The van der Waals surface area contributed by atoms with Crippen LogP contribution in [0, 0.1) is 0 Å². The lowest BCUT2D eigenvalue weighted by atomic mass is 10.1. The molecule has 0 spiro atoms. The predicted molar refractivity (Wildman–Crippen MR) is 105 cm³/mol. The van der Waals surface area contributed by atoms with Crippen molar-refractivity contribution in [1.82, 2.24) is 9.80 Å². The third kappa shape index (κ3) is 4.76. The van der Waals surface area contributed by atoms with E-state index in [1.807, 2.05) is 18.2 Å². The number of Topliss-reactive ketones (excluding diaryl/α,β-unsaturated/α-hetero) is 1. The van der Waals surface area contributed by atoms with Gasteiger partial charge in [-0.1, -0.05) is 30.3 Å². The largest absolute Gasteiger partial charge is 0.497 e. The minimum atomic E-state index is -0.0472. The van der Waals surface area contributed by atoms with Gasteiger partial charge in [0.05, 0.1) is 7.11 Å². The van der Waals surface area contributed by atoms with Gasteiger partial charge in [-0.15, -0.1) is 0 Å². The number of ether oxygens (including phenoxy) is 1. The molecule has 1 heterocycles. The lowest BCUT2D eigenvalue weighted by Crippen LogP contribution is -2.50. The molecule has 6 heteroatoms. The fraction of sp³-hybridized carbons (Fsp3) is 0.318. The first-order valence-corrected chi connectivity index (χ1v) is 9.38. The molecular weight excluding hydrogens is 356 g/mol. The van der Waals surface area contributed by atoms with Crippen molar-refractivity contribution in [3.63, 3.8) is 0 Å². The van der Waals surface area contributed by atoms with Crippen LogP contribution in [0.2, 0.25) is 0 Å². The number of piperazine rings is 1. The summed E-state index contributed by atoms with van der Waals surface area (Å²) in [6, 6.07) is 16.0. The molecule has 28 heavy (non-hydrogen) atoms. The first-order valence-electron chi connectivity index (χ1n) is 9.38. The van der Waals surface area contributed by atoms with Gasteiger partial charge in [-0.25, -0.2) is 0 Å². The maximum Gasteiger partial charge on any atom is 0.253 e. The molecule has 2 aromatic carbocycles. The van der Waals surface area contributed by atoms with E-state index in [9.17, 15) is 14.4 Å². The maximum atomic E-state index is 12.6. The summed E-state index contributed by atoms with van der Waals surface area (Å²) in [5.74, 6) is 0.592. The van der Waals surface area contributed by atoms with E-state index < -0.39 is 0 Å². The Morgan fingerprint density at radius 2 is 1.39 bits per heavy atom. The summed E-state index contributed by atoms with van der Waals surface area (Å²) in [6.45, 7) is 1.95. The van der Waals surface area contributed by atoms with Crippen LogP contribution in [0.15, 0.2) is 54.6 Å². The molecule has 1 fully saturated rings. The number of nitrogens with zero attached hydrogens (tertiary/aromatic N) is 2. The number of carbonyl (C=O) groups is 3. The lowest BCUT2D eigenvalue weighted by Gasteiger charge is -2.35. The SMILES string of the molecule is COc1ccc(C(=O)N2CCN(C(=O)CCC(=O)c3ccccc3)CC2)cc1. The van der Waals surface area contributed by atoms with Crippen LogP contribution in [0.5, 0.6) is 5.75 Å². The van der Waals surface area contributed by atoms with E-state index in [0.717, 1.165) is 0 Å². The normalized spacial score (nSPS) is 13.9. The Morgan fingerprint density at radius 3 is 2.00 bits per heavy atom. The van der Waals surface area contributed by atoms with Crippen LogP contribution in [0.4, 0.5) is 0 Å². The number of ketones is 1. The molecule has 1 aliphatic heterocycles. The summed E-state index contributed by atoms with van der Waals surface area (Å²) < 4.78 is 5.11. The predicted octanol–water partition coefficient (Wildman–Crippen LogP) is 2.64. The molecule has 3 rings (SSSR count). The van der Waals surface area contributed by atoms with Crippen molar-refractivity contribution in [2.75, 3.05) is 33.3 Å². The molecule has 0 aromatic heterocycles. The minimum absolute atomic E-state index is 0.0257. The van der Waals surface area contributed by atoms with Gasteiger partial charge in [-0.3, -0.25) is 14.4 Å². The molecule has 0 radical (unpaired) electrons. The van der Waals surface area contributed by atoms with E-state index in [-0.39, 0.29) is 30.4 Å². The van der Waals surface area contributed by atoms with Crippen LogP contribution >= 0.6 is 0 Å². The zero-order valence-electron chi connectivity index (χ0n) is 16.0. The topological polar surface area (TPSA) is 66.9 Å². The third-order valence-corrected chi connectivity index (χ3v) is 4.92. The first kappa shape index (κ1) is 19.6. The van der Waals surface area contributed by atoms with E-state index in [1.54, 1.807) is 53.3 Å². The molecule has 146 valence electrons. The van der Waals surface area contributed by atoms with Crippen molar-refractivity contribution >= 4 is 17.6 Å². The van der Waals surface area contributed by atoms with Gasteiger partial charge in [-0.05, 0) is 24.3 Å². The molecule has 0 atom stereocenters. The second kappa shape index (κ2) is 9.17. The lowest BCUT2D eigenvalue weighted by molar-refractivity contribution is -0.132. The van der Waals surface area contributed by atoms with Crippen molar-refractivity contribution in [3.8, 4) is 5.75 Å². The first-order chi connectivity index (χ1) is 13.6. The maximum absolute atomic E-state index is 12.6. The second-order valence-electron chi connectivity index (χ2n) is 6.69. The van der Waals surface area contributed by atoms with Gasteiger partial charge in [-0.2, -0.15) is 0 Å². The van der Waals surface area contributed by atoms with Gasteiger partial charge in [0.1, 0.15) is 5.75 Å². The fourth-order valence-corrected chi connectivity index (χ4v) is 3.22. The summed E-state index contributed by atoms with van der Waals surface area (Å²) in [7, 11) is 1.58. The Labute approximate surface area is 164 Å². The number of hydrogen-bond donors (Lipinski definition) is 0. The van der Waals surface area contributed by atoms with E-state index in [4.69, 9.17) is 4.74 Å². The van der Waals surface area contributed by atoms with Gasteiger partial charge in [0.25, 0.3) is 5.91 Å². The highest BCUT2D eigenvalue weighted by Gasteiger charge is 2.25. The molecule has 0 N–H and O–H groups in total. The highest BCUT2D eigenvalue weighted by atomic mass is 16.5. The van der Waals surface area contributed by atoms with Crippen molar-refractivity contribution in [3.05, 3.63) is 65.7 Å². The van der Waals surface area contributed by atoms with Gasteiger partial charge in [0.15, 0.2) is 5.78 Å². The quantitative estimate of drug-likeness (QED) is 0.723. The summed E-state index contributed by atoms with van der Waals surface area (Å²) >= 11 is 0. The number of benzene rings is 2. The fourth-order valence-electron chi connectivity index (χ4n) is 3.22. The van der Waals surface area contributed by atoms with Crippen molar-refractivity contribution < 1.29 is 19.1 Å². The van der Waals surface area contributed by atoms with Crippen LogP contribution in [-0.4, -0.2) is 60.7 Å². The van der Waals surface area contributed by atoms with Crippen LogP contribution in [0.1, 0.15) is 33.6 Å². The molecule has 2 aromatic rings. The molecule has 0 aliphatic carbocycles. The Hall–Kier alpha value is -3.15. The Morgan fingerprint density at radius 1 is 0.786 bits per heavy atom. The minimum Gasteiger partial charge on any atom is -0.497 e. The van der Waals surface area contributed by atoms with Crippen LogP contribution in [0.25, 0.3) is 0 Å². The average molecular weight is 380 g/mol. The standard InChI is InChI=1S/C22H24N2O4/c1-28-19-9-7-18(8-10-19)22(27)24-15-13-23(14-16-24)21(26)12-11-20(25)17-5-3-2-4-6-17/h2-10H,11-16H2,1H3. The van der Waals surface area contributed by atoms with Crippen LogP contribution in [0.3, 0.4) is 0 Å². The van der Waals surface area contributed by atoms with Crippen molar-refractivity contribution in [2.24, 2.45) is 0 Å². The van der Waals surface area contributed by atoms with Crippen LogP contribution in [-0.2, 0) is 4.79 Å². The molecule has 0 saturated carbocycles. The van der Waals surface area contributed by atoms with Gasteiger partial charge >= 0.3 is 0 Å². The second-order valence-corrected chi connectivity index (χ2v) is 6.69. The number of carbonyl (C=O) groups excluding carboxylic acids is 3. The monoisotopic (exact) mass is 380 g/mol. The number of amides is 2. The number of rotatable bonds is 6. The molecule has 0 bridgehead atoms. The molecule has 6 nitrogen and oxygen atoms in total. The summed E-state index contributed by atoms with van der Waals surface area (Å²) in [5.41, 5.74) is 1.24. The summed E-state index contributed by atoms with van der Waals surface area (Å²) in [5, 5.41) is 0. The van der Waals surface area contributed by atoms with Crippen LogP contribution < -0.4 is 4.74 Å². The zero-order valence-corrected chi connectivity index (χ0v) is 16.0. The Balaban J connectivity index is 1.47. The number of methoxy groups -OCH3 is 1. The Kier molecular flexibility index (Phi) is 6.42. The van der Waals surface area contributed by atoms with Crippen molar-refractivity contribution in [1.29, 1.82) is 0 Å². The van der Waals surface area contributed by atoms with Gasteiger partial charge in [0, 0.05) is 50.1 Å².